The molecule has 1 N–H and O–H groups in total. The van der Waals surface area contributed by atoms with Gasteiger partial charge in [-0.05, 0) is 18.2 Å². The third kappa shape index (κ3) is 6.70. The highest BCUT2D eigenvalue weighted by Gasteiger charge is 2.17. The van der Waals surface area contributed by atoms with Crippen LogP contribution in [0.4, 0.5) is 11.4 Å². The first-order valence-electron chi connectivity index (χ1n) is 7.75. The van der Waals surface area contributed by atoms with Gasteiger partial charge in [0.1, 0.15) is 5.75 Å². The number of benzene rings is 1. The standard InChI is InChI=1S/C17H24N2O6/c1-12(20)18-13-5-6-15(23-2)14(11-13)19(9-7-16(21)24-3)10-8-17(22)25-4/h5-6,11H,7-10H2,1-4H3,(H,18,20). The lowest BCUT2D eigenvalue weighted by Gasteiger charge is -2.26. The van der Waals surface area contributed by atoms with Gasteiger partial charge in [-0.3, -0.25) is 14.4 Å². The number of nitrogens with zero attached hydrogens (tertiary/aromatic N) is 1. The molecule has 8 heteroatoms. The molecule has 0 saturated heterocycles. The Kier molecular flexibility index (Phi) is 8.25. The van der Waals surface area contributed by atoms with Gasteiger partial charge < -0.3 is 24.4 Å². The van der Waals surface area contributed by atoms with E-state index in [1.165, 1.54) is 28.3 Å². The van der Waals surface area contributed by atoms with E-state index in [1.807, 2.05) is 4.90 Å². The SMILES string of the molecule is COC(=O)CCN(CCC(=O)OC)c1cc(NC(C)=O)ccc1OC. The Morgan fingerprint density at radius 1 is 1.00 bits per heavy atom. The summed E-state index contributed by atoms with van der Waals surface area (Å²) in [5, 5.41) is 2.70. The summed E-state index contributed by atoms with van der Waals surface area (Å²) in [6.07, 6.45) is 0.288. The fourth-order valence-corrected chi connectivity index (χ4v) is 2.23. The molecule has 1 aromatic rings. The number of carbonyl (C=O) groups excluding carboxylic acids is 3. The molecule has 0 aliphatic carbocycles. The van der Waals surface area contributed by atoms with Gasteiger partial charge in [-0.15, -0.1) is 0 Å². The summed E-state index contributed by atoms with van der Waals surface area (Å²) in [4.78, 5) is 36.1. The first-order chi connectivity index (χ1) is 11.9. The molecular formula is C17H24N2O6. The third-order valence-electron chi connectivity index (χ3n) is 3.47. The van der Waals surface area contributed by atoms with E-state index in [9.17, 15) is 14.4 Å². The number of ether oxygens (including phenoxy) is 3. The highest BCUT2D eigenvalue weighted by atomic mass is 16.5. The summed E-state index contributed by atoms with van der Waals surface area (Å²) in [5.41, 5.74) is 1.24. The Bertz CT molecular complexity index is 597. The first kappa shape index (κ1) is 20.3. The van der Waals surface area contributed by atoms with Gasteiger partial charge >= 0.3 is 11.9 Å². The number of amides is 1. The molecule has 0 aliphatic rings. The van der Waals surface area contributed by atoms with Gasteiger partial charge in [0, 0.05) is 25.7 Å². The Morgan fingerprint density at radius 3 is 2.00 bits per heavy atom. The maximum absolute atomic E-state index is 11.5. The predicted octanol–water partition coefficient (Wildman–Crippen LogP) is 1.59. The van der Waals surface area contributed by atoms with E-state index in [1.54, 1.807) is 18.2 Å². The quantitative estimate of drug-likeness (QED) is 0.674. The molecule has 1 rings (SSSR count). The lowest BCUT2D eigenvalue weighted by Crippen LogP contribution is -2.29. The van der Waals surface area contributed by atoms with Crippen molar-refractivity contribution >= 4 is 29.2 Å². The number of esters is 2. The molecule has 0 bridgehead atoms. The second-order valence-corrected chi connectivity index (χ2v) is 5.21. The molecule has 0 aliphatic heterocycles. The number of methoxy groups -OCH3 is 3. The van der Waals surface area contributed by atoms with Crippen LogP contribution in [-0.4, -0.2) is 52.3 Å². The molecule has 8 nitrogen and oxygen atoms in total. The van der Waals surface area contributed by atoms with Crippen LogP contribution in [0.25, 0.3) is 0 Å². The summed E-state index contributed by atoms with van der Waals surface area (Å²) in [6.45, 7) is 2.06. The van der Waals surface area contributed by atoms with Gasteiger partial charge in [-0.1, -0.05) is 0 Å². The zero-order valence-corrected chi connectivity index (χ0v) is 15.0. The van der Waals surface area contributed by atoms with Crippen molar-refractivity contribution in [1.82, 2.24) is 0 Å². The van der Waals surface area contributed by atoms with Gasteiger partial charge in [0.15, 0.2) is 0 Å². The average Bonchev–Trinajstić information content (AvgIpc) is 2.60. The predicted molar refractivity (Wildman–Crippen MR) is 92.8 cm³/mol. The van der Waals surface area contributed by atoms with Crippen molar-refractivity contribution in [2.75, 3.05) is 44.6 Å². The van der Waals surface area contributed by atoms with Crippen LogP contribution in [0, 0.1) is 0 Å². The summed E-state index contributed by atoms with van der Waals surface area (Å²) >= 11 is 0. The first-order valence-corrected chi connectivity index (χ1v) is 7.75. The molecule has 0 spiro atoms. The molecule has 0 heterocycles. The molecule has 0 unspecified atom stereocenters. The van der Waals surface area contributed by atoms with E-state index < -0.39 is 0 Å². The highest BCUT2D eigenvalue weighted by molar-refractivity contribution is 5.89. The zero-order chi connectivity index (χ0) is 18.8. The molecule has 25 heavy (non-hydrogen) atoms. The van der Waals surface area contributed by atoms with Crippen molar-refractivity contribution in [2.45, 2.75) is 19.8 Å². The Labute approximate surface area is 147 Å². The smallest absolute Gasteiger partial charge is 0.307 e. The average molecular weight is 352 g/mol. The molecule has 0 saturated carbocycles. The second kappa shape index (κ2) is 10.2. The minimum absolute atomic E-state index is 0.144. The molecule has 0 aromatic heterocycles. The van der Waals surface area contributed by atoms with Gasteiger partial charge in [0.2, 0.25) is 5.91 Å². The van der Waals surface area contributed by atoms with E-state index in [0.717, 1.165) is 0 Å². The topological polar surface area (TPSA) is 94.2 Å². The maximum atomic E-state index is 11.5. The fourth-order valence-electron chi connectivity index (χ4n) is 2.23. The Balaban J connectivity index is 3.08. The van der Waals surface area contributed by atoms with Crippen molar-refractivity contribution in [1.29, 1.82) is 0 Å². The minimum atomic E-state index is -0.361. The monoisotopic (exact) mass is 352 g/mol. The molecule has 138 valence electrons. The lowest BCUT2D eigenvalue weighted by molar-refractivity contribution is -0.140. The van der Waals surface area contributed by atoms with Crippen LogP contribution in [0.2, 0.25) is 0 Å². The van der Waals surface area contributed by atoms with Crippen LogP contribution < -0.4 is 15.0 Å². The van der Waals surface area contributed by atoms with Gasteiger partial charge in [-0.2, -0.15) is 0 Å². The number of carbonyl (C=O) groups is 3. The maximum Gasteiger partial charge on any atom is 0.307 e. The molecule has 1 aromatic carbocycles. The van der Waals surface area contributed by atoms with E-state index in [0.29, 0.717) is 30.2 Å². The molecule has 0 atom stereocenters. The van der Waals surface area contributed by atoms with Gasteiger partial charge in [-0.25, -0.2) is 0 Å². The zero-order valence-electron chi connectivity index (χ0n) is 15.0. The fraction of sp³-hybridized carbons (Fsp3) is 0.471. The largest absolute Gasteiger partial charge is 0.495 e. The van der Waals surface area contributed by atoms with Crippen molar-refractivity contribution in [3.63, 3.8) is 0 Å². The van der Waals surface area contributed by atoms with Crippen molar-refractivity contribution in [2.24, 2.45) is 0 Å². The molecule has 0 fully saturated rings. The van der Waals surface area contributed by atoms with Crippen LogP contribution in [0.15, 0.2) is 18.2 Å². The van der Waals surface area contributed by atoms with Crippen molar-refractivity contribution in [3.8, 4) is 5.75 Å². The molecular weight excluding hydrogens is 328 g/mol. The van der Waals surface area contributed by atoms with E-state index in [-0.39, 0.29) is 30.7 Å². The lowest BCUT2D eigenvalue weighted by atomic mass is 10.2. The Morgan fingerprint density at radius 2 is 1.56 bits per heavy atom. The molecule has 1 amide bonds. The normalized spacial score (nSPS) is 9.92. The van der Waals surface area contributed by atoms with Crippen LogP contribution in [0.1, 0.15) is 19.8 Å². The van der Waals surface area contributed by atoms with Gasteiger partial charge in [0.25, 0.3) is 0 Å². The summed E-state index contributed by atoms with van der Waals surface area (Å²) in [5.74, 6) is -0.365. The highest BCUT2D eigenvalue weighted by Crippen LogP contribution is 2.31. The number of anilines is 2. The van der Waals surface area contributed by atoms with Crippen molar-refractivity contribution in [3.05, 3.63) is 18.2 Å². The van der Waals surface area contributed by atoms with Crippen LogP contribution in [0.3, 0.4) is 0 Å². The molecule has 0 radical (unpaired) electrons. The van der Waals surface area contributed by atoms with Crippen LogP contribution in [-0.2, 0) is 23.9 Å². The van der Waals surface area contributed by atoms with Crippen molar-refractivity contribution < 1.29 is 28.6 Å². The number of hydrogen-bond donors (Lipinski definition) is 1. The summed E-state index contributed by atoms with van der Waals surface area (Å²) < 4.78 is 14.7. The summed E-state index contributed by atoms with van der Waals surface area (Å²) in [7, 11) is 4.16. The number of rotatable bonds is 9. The number of nitrogens with one attached hydrogen (secondary N) is 1. The van der Waals surface area contributed by atoms with Crippen LogP contribution >= 0.6 is 0 Å². The van der Waals surface area contributed by atoms with E-state index in [2.05, 4.69) is 14.8 Å². The second-order valence-electron chi connectivity index (χ2n) is 5.21. The van der Waals surface area contributed by atoms with Crippen LogP contribution in [0.5, 0.6) is 5.75 Å². The third-order valence-corrected chi connectivity index (χ3v) is 3.47. The summed E-state index contributed by atoms with van der Waals surface area (Å²) in [6, 6.07) is 5.15. The number of hydrogen-bond acceptors (Lipinski definition) is 7. The van der Waals surface area contributed by atoms with E-state index >= 15 is 0 Å². The minimum Gasteiger partial charge on any atom is -0.495 e. The van der Waals surface area contributed by atoms with E-state index in [4.69, 9.17) is 4.74 Å². The Hall–Kier alpha value is -2.77. The van der Waals surface area contributed by atoms with Gasteiger partial charge in [0.05, 0.1) is 39.9 Å².